The molecule has 0 N–H and O–H groups in total. The lowest BCUT2D eigenvalue weighted by atomic mass is 9.89. The van der Waals surface area contributed by atoms with E-state index in [-0.39, 0.29) is 11.7 Å². The molecule has 19 heavy (non-hydrogen) atoms. The minimum atomic E-state index is 0.0793. The number of methoxy groups -OCH3 is 2. The minimum Gasteiger partial charge on any atom is -0.493 e. The molecule has 1 aromatic rings. The van der Waals surface area contributed by atoms with Crippen molar-refractivity contribution >= 4 is 17.4 Å². The average molecular weight is 283 g/mol. The number of ketones is 1. The van der Waals surface area contributed by atoms with Gasteiger partial charge in [-0.25, -0.2) is 0 Å². The van der Waals surface area contributed by atoms with E-state index in [9.17, 15) is 4.79 Å². The number of ether oxygens (including phenoxy) is 2. The van der Waals surface area contributed by atoms with Crippen LogP contribution in [-0.2, 0) is 0 Å². The number of halogens is 1. The first-order valence-corrected chi connectivity index (χ1v) is 6.92. The lowest BCUT2D eigenvalue weighted by Gasteiger charge is -2.16. The number of benzene rings is 1. The summed E-state index contributed by atoms with van der Waals surface area (Å²) in [6.45, 7) is 2.13. The van der Waals surface area contributed by atoms with Crippen LogP contribution >= 0.6 is 11.6 Å². The van der Waals surface area contributed by atoms with Gasteiger partial charge in [-0.1, -0.05) is 24.9 Å². The number of hydrogen-bond acceptors (Lipinski definition) is 3. The smallest absolute Gasteiger partial charge is 0.167 e. The van der Waals surface area contributed by atoms with Crippen LogP contribution in [0.15, 0.2) is 12.1 Å². The molecule has 0 radical (unpaired) electrons. The lowest BCUT2D eigenvalue weighted by molar-refractivity contribution is 0.0897. The van der Waals surface area contributed by atoms with Gasteiger partial charge in [-0.05, 0) is 24.8 Å². The van der Waals surface area contributed by atoms with E-state index < -0.39 is 0 Å². The quantitative estimate of drug-likeness (QED) is 0.784. The fourth-order valence-electron chi connectivity index (χ4n) is 2.78. The molecule has 1 aliphatic rings. The summed E-state index contributed by atoms with van der Waals surface area (Å²) < 4.78 is 10.4. The summed E-state index contributed by atoms with van der Waals surface area (Å²) in [6, 6.07) is 3.34. The molecule has 2 unspecified atom stereocenters. The maximum absolute atomic E-state index is 12.6. The van der Waals surface area contributed by atoms with E-state index in [0.29, 0.717) is 28.0 Å². The summed E-state index contributed by atoms with van der Waals surface area (Å²) in [7, 11) is 3.10. The predicted molar refractivity (Wildman–Crippen MR) is 75.4 cm³/mol. The third-order valence-corrected chi connectivity index (χ3v) is 4.25. The van der Waals surface area contributed by atoms with Gasteiger partial charge >= 0.3 is 0 Å². The second kappa shape index (κ2) is 5.83. The molecule has 0 aliphatic heterocycles. The molecule has 0 saturated heterocycles. The lowest BCUT2D eigenvalue weighted by Crippen LogP contribution is -2.17. The Bertz CT molecular complexity index is 485. The van der Waals surface area contributed by atoms with Gasteiger partial charge in [-0.3, -0.25) is 4.79 Å². The van der Waals surface area contributed by atoms with Crippen molar-refractivity contribution in [3.05, 3.63) is 22.7 Å². The summed E-state index contributed by atoms with van der Waals surface area (Å²) in [5, 5.41) is 0.432. The van der Waals surface area contributed by atoms with E-state index in [4.69, 9.17) is 21.1 Å². The second-order valence-corrected chi connectivity index (χ2v) is 5.47. The maximum Gasteiger partial charge on any atom is 0.167 e. The molecule has 1 aliphatic carbocycles. The summed E-state index contributed by atoms with van der Waals surface area (Å²) in [5.74, 6) is 1.72. The van der Waals surface area contributed by atoms with E-state index >= 15 is 0 Å². The molecule has 2 atom stereocenters. The van der Waals surface area contributed by atoms with Crippen LogP contribution in [-0.4, -0.2) is 20.0 Å². The Morgan fingerprint density at radius 2 is 1.84 bits per heavy atom. The van der Waals surface area contributed by atoms with Crippen LogP contribution in [0.25, 0.3) is 0 Å². The Labute approximate surface area is 118 Å². The van der Waals surface area contributed by atoms with E-state index in [2.05, 4.69) is 6.92 Å². The maximum atomic E-state index is 12.6. The molecule has 1 fully saturated rings. The highest BCUT2D eigenvalue weighted by Gasteiger charge is 2.31. The predicted octanol–water partition coefficient (Wildman–Crippen LogP) is 3.98. The molecule has 1 aromatic carbocycles. The molecule has 0 spiro atoms. The number of carbonyl (C=O) groups is 1. The van der Waals surface area contributed by atoms with Crippen molar-refractivity contribution in [3.8, 4) is 11.5 Å². The van der Waals surface area contributed by atoms with Gasteiger partial charge in [0, 0.05) is 17.5 Å². The fourth-order valence-corrected chi connectivity index (χ4v) is 3.02. The highest BCUT2D eigenvalue weighted by Crippen LogP contribution is 2.38. The monoisotopic (exact) mass is 282 g/mol. The first-order valence-electron chi connectivity index (χ1n) is 6.54. The number of carbonyl (C=O) groups excluding carboxylic acids is 1. The van der Waals surface area contributed by atoms with Gasteiger partial charge in [0.1, 0.15) is 0 Å². The minimum absolute atomic E-state index is 0.0793. The molecular weight excluding hydrogens is 264 g/mol. The summed E-state index contributed by atoms with van der Waals surface area (Å²) in [4.78, 5) is 12.6. The third kappa shape index (κ3) is 2.71. The highest BCUT2D eigenvalue weighted by molar-refractivity contribution is 6.34. The first kappa shape index (κ1) is 14.2. The molecular formula is C15H19ClO3. The number of Topliss-reactive ketones (excluding diaryl/α,β-unsaturated/α-hetero) is 1. The summed E-state index contributed by atoms with van der Waals surface area (Å²) in [6.07, 6.45) is 3.18. The Morgan fingerprint density at radius 3 is 2.37 bits per heavy atom. The van der Waals surface area contributed by atoms with Gasteiger partial charge < -0.3 is 9.47 Å². The van der Waals surface area contributed by atoms with Gasteiger partial charge in [0.05, 0.1) is 19.2 Å². The van der Waals surface area contributed by atoms with Gasteiger partial charge in [0.15, 0.2) is 17.3 Å². The van der Waals surface area contributed by atoms with Crippen molar-refractivity contribution in [2.24, 2.45) is 11.8 Å². The second-order valence-electron chi connectivity index (χ2n) is 5.07. The number of rotatable bonds is 4. The average Bonchev–Trinajstić information content (AvgIpc) is 2.83. The van der Waals surface area contributed by atoms with E-state index in [1.807, 2.05) is 0 Å². The number of hydrogen-bond donors (Lipinski definition) is 0. The Kier molecular flexibility index (Phi) is 4.35. The molecule has 3 nitrogen and oxygen atoms in total. The summed E-state index contributed by atoms with van der Waals surface area (Å²) in [5.41, 5.74) is 0.540. The van der Waals surface area contributed by atoms with Gasteiger partial charge in [0.2, 0.25) is 0 Å². The van der Waals surface area contributed by atoms with Crippen molar-refractivity contribution in [3.63, 3.8) is 0 Å². The van der Waals surface area contributed by atoms with Crippen molar-refractivity contribution in [1.29, 1.82) is 0 Å². The molecule has 104 valence electrons. The topological polar surface area (TPSA) is 35.5 Å². The zero-order chi connectivity index (χ0) is 14.0. The molecule has 4 heteroatoms. The van der Waals surface area contributed by atoms with Crippen LogP contribution in [0.4, 0.5) is 0 Å². The largest absolute Gasteiger partial charge is 0.493 e. The van der Waals surface area contributed by atoms with E-state index in [1.165, 1.54) is 0 Å². The summed E-state index contributed by atoms with van der Waals surface area (Å²) >= 11 is 6.20. The molecule has 0 amide bonds. The van der Waals surface area contributed by atoms with E-state index in [1.54, 1.807) is 26.4 Å². The van der Waals surface area contributed by atoms with Gasteiger partial charge in [0.25, 0.3) is 0 Å². The first-order chi connectivity index (χ1) is 9.08. The Hall–Kier alpha value is -1.22. The fraction of sp³-hybridized carbons (Fsp3) is 0.533. The molecule has 0 heterocycles. The molecule has 2 rings (SSSR count). The SMILES string of the molecule is COc1cc(Cl)c(C(=O)C2CCCC2C)cc1OC. The van der Waals surface area contributed by atoms with Crippen LogP contribution in [0.3, 0.4) is 0 Å². The molecule has 1 saturated carbocycles. The zero-order valence-corrected chi connectivity index (χ0v) is 12.3. The van der Waals surface area contributed by atoms with Crippen LogP contribution in [0, 0.1) is 11.8 Å². The molecule has 0 aromatic heterocycles. The Morgan fingerprint density at radius 1 is 1.21 bits per heavy atom. The van der Waals surface area contributed by atoms with Crippen molar-refractivity contribution < 1.29 is 14.3 Å². The van der Waals surface area contributed by atoms with Crippen LogP contribution in [0.1, 0.15) is 36.5 Å². The van der Waals surface area contributed by atoms with Crippen molar-refractivity contribution in [1.82, 2.24) is 0 Å². The van der Waals surface area contributed by atoms with Gasteiger partial charge in [-0.15, -0.1) is 0 Å². The highest BCUT2D eigenvalue weighted by atomic mass is 35.5. The van der Waals surface area contributed by atoms with Crippen LogP contribution < -0.4 is 9.47 Å². The standard InChI is InChI=1S/C15H19ClO3/c1-9-5-4-6-10(9)15(17)11-7-13(18-2)14(19-3)8-12(11)16/h7-10H,4-6H2,1-3H3. The van der Waals surface area contributed by atoms with Crippen molar-refractivity contribution in [2.45, 2.75) is 26.2 Å². The van der Waals surface area contributed by atoms with Gasteiger partial charge in [-0.2, -0.15) is 0 Å². The van der Waals surface area contributed by atoms with Crippen LogP contribution in [0.2, 0.25) is 5.02 Å². The van der Waals surface area contributed by atoms with Crippen molar-refractivity contribution in [2.75, 3.05) is 14.2 Å². The van der Waals surface area contributed by atoms with E-state index in [0.717, 1.165) is 19.3 Å². The van der Waals surface area contributed by atoms with Crippen LogP contribution in [0.5, 0.6) is 11.5 Å². The Balaban J connectivity index is 2.36. The zero-order valence-electron chi connectivity index (χ0n) is 11.5. The normalized spacial score (nSPS) is 22.3. The third-order valence-electron chi connectivity index (χ3n) is 3.94. The molecule has 0 bridgehead atoms.